The van der Waals surface area contributed by atoms with E-state index >= 15 is 0 Å². The van der Waals surface area contributed by atoms with Crippen molar-refractivity contribution in [3.63, 3.8) is 0 Å². The number of carbonyl (C=O) groups is 3. The monoisotopic (exact) mass is 258 g/mol. The van der Waals surface area contributed by atoms with Gasteiger partial charge in [-0.3, -0.25) is 14.4 Å². The number of aliphatic carboxylic acids is 1. The Labute approximate surface area is 105 Å². The molecule has 102 valence electrons. The molecule has 0 spiro atoms. The third-order valence-electron chi connectivity index (χ3n) is 2.81. The Bertz CT molecular complexity index is 343. The Morgan fingerprint density at radius 1 is 1.56 bits per heavy atom. The standard InChI is InChI=1S/C11H18N2O5/c1-11(18,4-9(15)16)6-13-10(17)7-2-3-8(14)12-5-7/h7,18H,2-6H2,1H3,(H,12,14)(H,13,17)(H,15,16). The van der Waals surface area contributed by atoms with Gasteiger partial charge in [0.25, 0.3) is 0 Å². The van der Waals surface area contributed by atoms with E-state index in [4.69, 9.17) is 5.11 Å². The summed E-state index contributed by atoms with van der Waals surface area (Å²) in [5.41, 5.74) is -1.47. The Morgan fingerprint density at radius 2 is 2.22 bits per heavy atom. The molecule has 0 saturated carbocycles. The first kappa shape index (κ1) is 14.4. The highest BCUT2D eigenvalue weighted by Crippen LogP contribution is 2.12. The maximum Gasteiger partial charge on any atom is 0.306 e. The van der Waals surface area contributed by atoms with Crippen molar-refractivity contribution >= 4 is 17.8 Å². The molecule has 2 atom stereocenters. The van der Waals surface area contributed by atoms with Crippen LogP contribution in [0.25, 0.3) is 0 Å². The lowest BCUT2D eigenvalue weighted by molar-refractivity contribution is -0.142. The zero-order chi connectivity index (χ0) is 13.8. The zero-order valence-electron chi connectivity index (χ0n) is 10.2. The second-order valence-electron chi connectivity index (χ2n) is 4.82. The van der Waals surface area contributed by atoms with Crippen LogP contribution >= 0.6 is 0 Å². The summed E-state index contributed by atoms with van der Waals surface area (Å²) in [6.07, 6.45) is 0.344. The zero-order valence-corrected chi connectivity index (χ0v) is 10.2. The number of carboxylic acids is 1. The summed E-state index contributed by atoms with van der Waals surface area (Å²) in [5.74, 6) is -1.79. The van der Waals surface area contributed by atoms with Crippen LogP contribution in [0, 0.1) is 5.92 Å². The summed E-state index contributed by atoms with van der Waals surface area (Å²) in [7, 11) is 0. The number of piperidine rings is 1. The summed E-state index contributed by atoms with van der Waals surface area (Å²) < 4.78 is 0. The van der Waals surface area contributed by atoms with E-state index in [2.05, 4.69) is 10.6 Å². The summed E-state index contributed by atoms with van der Waals surface area (Å²) in [6.45, 7) is 1.51. The van der Waals surface area contributed by atoms with Crippen LogP contribution in [0.15, 0.2) is 0 Å². The Hall–Kier alpha value is -1.63. The fourth-order valence-electron chi connectivity index (χ4n) is 1.77. The van der Waals surface area contributed by atoms with Crippen molar-refractivity contribution in [3.8, 4) is 0 Å². The van der Waals surface area contributed by atoms with Crippen LogP contribution in [0.5, 0.6) is 0 Å². The lowest BCUT2D eigenvalue weighted by Crippen LogP contribution is -2.47. The molecule has 18 heavy (non-hydrogen) atoms. The molecule has 1 fully saturated rings. The van der Waals surface area contributed by atoms with E-state index in [0.717, 1.165) is 0 Å². The smallest absolute Gasteiger partial charge is 0.306 e. The van der Waals surface area contributed by atoms with Crippen molar-refractivity contribution in [2.45, 2.75) is 31.8 Å². The molecule has 1 aliphatic rings. The molecule has 0 aliphatic carbocycles. The van der Waals surface area contributed by atoms with Gasteiger partial charge in [0, 0.05) is 19.5 Å². The van der Waals surface area contributed by atoms with Gasteiger partial charge in [0.1, 0.15) is 0 Å². The van der Waals surface area contributed by atoms with Crippen LogP contribution in [-0.4, -0.2) is 46.7 Å². The van der Waals surface area contributed by atoms with Gasteiger partial charge in [0.2, 0.25) is 11.8 Å². The fraction of sp³-hybridized carbons (Fsp3) is 0.727. The number of nitrogens with one attached hydrogen (secondary N) is 2. The van der Waals surface area contributed by atoms with E-state index in [1.807, 2.05) is 0 Å². The Balaban J connectivity index is 2.36. The molecule has 1 saturated heterocycles. The van der Waals surface area contributed by atoms with Gasteiger partial charge in [-0.15, -0.1) is 0 Å². The van der Waals surface area contributed by atoms with Gasteiger partial charge >= 0.3 is 5.97 Å². The Kier molecular flexibility index (Phi) is 4.66. The van der Waals surface area contributed by atoms with Crippen molar-refractivity contribution in [1.29, 1.82) is 0 Å². The fourth-order valence-corrected chi connectivity index (χ4v) is 1.77. The number of carbonyl (C=O) groups excluding carboxylic acids is 2. The Morgan fingerprint density at radius 3 is 2.72 bits per heavy atom. The topological polar surface area (TPSA) is 116 Å². The van der Waals surface area contributed by atoms with Crippen molar-refractivity contribution in [2.75, 3.05) is 13.1 Å². The minimum atomic E-state index is -1.47. The van der Waals surface area contributed by atoms with Gasteiger partial charge in [-0.05, 0) is 13.3 Å². The van der Waals surface area contributed by atoms with E-state index < -0.39 is 18.0 Å². The molecule has 1 rings (SSSR count). The number of carboxylic acid groups (broad SMARTS) is 1. The third-order valence-corrected chi connectivity index (χ3v) is 2.81. The van der Waals surface area contributed by atoms with Gasteiger partial charge < -0.3 is 20.8 Å². The molecule has 7 heteroatoms. The molecular formula is C11H18N2O5. The third kappa shape index (κ3) is 4.70. The normalized spacial score (nSPS) is 22.8. The summed E-state index contributed by atoms with van der Waals surface area (Å²) in [6, 6.07) is 0. The van der Waals surface area contributed by atoms with E-state index in [0.29, 0.717) is 12.8 Å². The van der Waals surface area contributed by atoms with Crippen LogP contribution < -0.4 is 10.6 Å². The summed E-state index contributed by atoms with van der Waals surface area (Å²) in [5, 5.41) is 23.4. The molecule has 2 amide bonds. The number of amides is 2. The molecule has 0 bridgehead atoms. The molecule has 1 aliphatic heterocycles. The van der Waals surface area contributed by atoms with Gasteiger partial charge in [0.05, 0.1) is 17.9 Å². The SMILES string of the molecule is CC(O)(CNC(=O)C1CCC(=O)NC1)CC(=O)O. The van der Waals surface area contributed by atoms with Gasteiger partial charge in [0.15, 0.2) is 0 Å². The van der Waals surface area contributed by atoms with Crippen molar-refractivity contribution in [1.82, 2.24) is 10.6 Å². The van der Waals surface area contributed by atoms with Crippen LogP contribution in [-0.2, 0) is 14.4 Å². The summed E-state index contributed by atoms with van der Waals surface area (Å²) in [4.78, 5) is 33.1. The van der Waals surface area contributed by atoms with Crippen LogP contribution in [0.4, 0.5) is 0 Å². The first-order chi connectivity index (χ1) is 8.30. The highest BCUT2D eigenvalue weighted by atomic mass is 16.4. The van der Waals surface area contributed by atoms with E-state index in [-0.39, 0.29) is 30.8 Å². The average Bonchev–Trinajstić information content (AvgIpc) is 2.25. The lowest BCUT2D eigenvalue weighted by atomic mass is 9.97. The molecule has 0 aromatic rings. The number of hydrogen-bond donors (Lipinski definition) is 4. The highest BCUT2D eigenvalue weighted by Gasteiger charge is 2.28. The molecule has 0 aromatic heterocycles. The predicted molar refractivity (Wildman–Crippen MR) is 61.6 cm³/mol. The summed E-state index contributed by atoms with van der Waals surface area (Å²) >= 11 is 0. The maximum atomic E-state index is 11.7. The molecule has 4 N–H and O–H groups in total. The van der Waals surface area contributed by atoms with E-state index in [9.17, 15) is 19.5 Å². The first-order valence-corrected chi connectivity index (χ1v) is 5.79. The molecule has 1 heterocycles. The van der Waals surface area contributed by atoms with E-state index in [1.54, 1.807) is 0 Å². The van der Waals surface area contributed by atoms with Crippen LogP contribution in [0.1, 0.15) is 26.2 Å². The average molecular weight is 258 g/mol. The quantitative estimate of drug-likeness (QED) is 0.497. The van der Waals surface area contributed by atoms with Gasteiger partial charge in [-0.25, -0.2) is 0 Å². The molecule has 2 unspecified atom stereocenters. The first-order valence-electron chi connectivity index (χ1n) is 5.79. The van der Waals surface area contributed by atoms with Crippen molar-refractivity contribution in [2.24, 2.45) is 5.92 Å². The van der Waals surface area contributed by atoms with Crippen molar-refractivity contribution < 1.29 is 24.6 Å². The lowest BCUT2D eigenvalue weighted by Gasteiger charge is -2.25. The molecule has 7 nitrogen and oxygen atoms in total. The minimum Gasteiger partial charge on any atom is -0.481 e. The number of hydrogen-bond acceptors (Lipinski definition) is 4. The van der Waals surface area contributed by atoms with Gasteiger partial charge in [-0.2, -0.15) is 0 Å². The predicted octanol–water partition coefficient (Wildman–Crippen LogP) is -1.15. The largest absolute Gasteiger partial charge is 0.481 e. The van der Waals surface area contributed by atoms with Crippen LogP contribution in [0.2, 0.25) is 0 Å². The molecular weight excluding hydrogens is 240 g/mol. The number of aliphatic hydroxyl groups is 1. The molecule has 0 radical (unpaired) electrons. The van der Waals surface area contributed by atoms with Gasteiger partial charge in [-0.1, -0.05) is 0 Å². The highest BCUT2D eigenvalue weighted by molar-refractivity contribution is 5.83. The maximum absolute atomic E-state index is 11.7. The second kappa shape index (κ2) is 5.81. The molecule has 0 aromatic carbocycles. The minimum absolute atomic E-state index is 0.0723. The van der Waals surface area contributed by atoms with Crippen molar-refractivity contribution in [3.05, 3.63) is 0 Å². The number of rotatable bonds is 5. The second-order valence-corrected chi connectivity index (χ2v) is 4.82. The van der Waals surface area contributed by atoms with Crippen LogP contribution in [0.3, 0.4) is 0 Å². The van der Waals surface area contributed by atoms with E-state index in [1.165, 1.54) is 6.92 Å².